The highest BCUT2D eigenvalue weighted by molar-refractivity contribution is 9.10. The normalized spacial score (nSPS) is 12.3. The van der Waals surface area contributed by atoms with Crippen molar-refractivity contribution >= 4 is 15.9 Å². The summed E-state index contributed by atoms with van der Waals surface area (Å²) in [5.74, 6) is 5.61. The Morgan fingerprint density at radius 1 is 1.26 bits per heavy atom. The van der Waals surface area contributed by atoms with Crippen LogP contribution in [0.15, 0.2) is 47.3 Å². The molecule has 0 aliphatic heterocycles. The van der Waals surface area contributed by atoms with Gasteiger partial charge in [-0.25, -0.2) is 0 Å². The third-order valence-electron chi connectivity index (χ3n) is 2.98. The number of rotatable bonds is 6. The molecule has 5 heteroatoms. The molecular weight excluding hydrogens is 304 g/mol. The van der Waals surface area contributed by atoms with Gasteiger partial charge in [-0.15, -0.1) is 0 Å². The van der Waals surface area contributed by atoms with Gasteiger partial charge in [0.15, 0.2) is 0 Å². The van der Waals surface area contributed by atoms with Crippen molar-refractivity contribution in [2.45, 2.75) is 25.3 Å². The van der Waals surface area contributed by atoms with Gasteiger partial charge in [0.1, 0.15) is 0 Å². The summed E-state index contributed by atoms with van der Waals surface area (Å²) in [5.41, 5.74) is 5.13. The topological polar surface area (TPSA) is 63.8 Å². The molecule has 0 saturated carbocycles. The molecule has 0 radical (unpaired) electrons. The molecule has 0 fully saturated rings. The van der Waals surface area contributed by atoms with Gasteiger partial charge in [0.25, 0.3) is 0 Å². The lowest BCUT2D eigenvalue weighted by atomic mass is 10.0. The van der Waals surface area contributed by atoms with Crippen molar-refractivity contribution in [2.75, 3.05) is 0 Å². The zero-order chi connectivity index (χ0) is 13.5. The molecule has 2 aromatic heterocycles. The molecule has 2 aromatic rings. The molecule has 0 spiro atoms. The van der Waals surface area contributed by atoms with Gasteiger partial charge in [-0.05, 0) is 52.5 Å². The Balaban J connectivity index is 1.88. The lowest BCUT2D eigenvalue weighted by Gasteiger charge is -2.15. The Morgan fingerprint density at radius 2 is 2.16 bits per heavy atom. The van der Waals surface area contributed by atoms with Crippen molar-refractivity contribution in [3.63, 3.8) is 0 Å². The second-order valence-electron chi connectivity index (χ2n) is 4.44. The minimum Gasteiger partial charge on any atom is -0.271 e. The Bertz CT molecular complexity index is 487. The van der Waals surface area contributed by atoms with Gasteiger partial charge in [-0.3, -0.25) is 21.2 Å². The van der Waals surface area contributed by atoms with Gasteiger partial charge in [-0.2, -0.15) is 0 Å². The predicted molar refractivity (Wildman–Crippen MR) is 79.3 cm³/mol. The van der Waals surface area contributed by atoms with Crippen LogP contribution in [0.2, 0.25) is 0 Å². The van der Waals surface area contributed by atoms with E-state index in [1.807, 2.05) is 30.6 Å². The van der Waals surface area contributed by atoms with Crippen molar-refractivity contribution in [3.8, 4) is 0 Å². The van der Waals surface area contributed by atoms with Gasteiger partial charge in [-0.1, -0.05) is 6.07 Å². The standard InChI is InChI=1S/C14H17BrN4/c15-12-4-6-13(18-10-12)8-14(19-16)5-3-11-2-1-7-17-9-11/h1-2,4,6-7,9-10,14,19H,3,5,8,16H2. The Hall–Kier alpha value is -1.30. The Morgan fingerprint density at radius 3 is 2.79 bits per heavy atom. The minimum absolute atomic E-state index is 0.217. The zero-order valence-electron chi connectivity index (χ0n) is 10.6. The molecule has 3 N–H and O–H groups in total. The van der Waals surface area contributed by atoms with E-state index in [0.717, 1.165) is 29.4 Å². The van der Waals surface area contributed by atoms with Crippen LogP contribution in [0.1, 0.15) is 17.7 Å². The van der Waals surface area contributed by atoms with Crippen LogP contribution in [0.4, 0.5) is 0 Å². The van der Waals surface area contributed by atoms with E-state index in [1.54, 1.807) is 6.20 Å². The molecule has 1 unspecified atom stereocenters. The third-order valence-corrected chi connectivity index (χ3v) is 3.45. The highest BCUT2D eigenvalue weighted by Crippen LogP contribution is 2.11. The molecule has 2 heterocycles. The van der Waals surface area contributed by atoms with E-state index >= 15 is 0 Å². The number of hydrogen-bond donors (Lipinski definition) is 2. The molecule has 19 heavy (non-hydrogen) atoms. The summed E-state index contributed by atoms with van der Waals surface area (Å²) < 4.78 is 0.990. The van der Waals surface area contributed by atoms with Crippen LogP contribution >= 0.6 is 15.9 Å². The third kappa shape index (κ3) is 4.70. The quantitative estimate of drug-likeness (QED) is 0.633. The molecular formula is C14H17BrN4. The summed E-state index contributed by atoms with van der Waals surface area (Å²) in [6.45, 7) is 0. The minimum atomic E-state index is 0.217. The fraction of sp³-hybridized carbons (Fsp3) is 0.286. The first-order valence-electron chi connectivity index (χ1n) is 6.23. The predicted octanol–water partition coefficient (Wildman–Crippen LogP) is 2.25. The molecule has 0 aromatic carbocycles. The largest absolute Gasteiger partial charge is 0.271 e. The summed E-state index contributed by atoms with van der Waals surface area (Å²) in [4.78, 5) is 8.48. The molecule has 0 bridgehead atoms. The van der Waals surface area contributed by atoms with Crippen molar-refractivity contribution in [3.05, 3.63) is 58.6 Å². The number of hydrogen-bond acceptors (Lipinski definition) is 4. The molecule has 0 saturated heterocycles. The lowest BCUT2D eigenvalue weighted by Crippen LogP contribution is -2.37. The number of nitrogens with two attached hydrogens (primary N) is 1. The molecule has 0 aliphatic carbocycles. The second-order valence-corrected chi connectivity index (χ2v) is 5.35. The number of nitrogens with one attached hydrogen (secondary N) is 1. The summed E-state index contributed by atoms with van der Waals surface area (Å²) in [7, 11) is 0. The van der Waals surface area contributed by atoms with Crippen LogP contribution in [-0.2, 0) is 12.8 Å². The van der Waals surface area contributed by atoms with E-state index in [9.17, 15) is 0 Å². The number of pyridine rings is 2. The Labute approximate surface area is 121 Å². The molecule has 100 valence electrons. The van der Waals surface area contributed by atoms with E-state index in [2.05, 4.69) is 37.4 Å². The van der Waals surface area contributed by atoms with Crippen molar-refractivity contribution in [2.24, 2.45) is 5.84 Å². The molecule has 2 rings (SSSR count). The van der Waals surface area contributed by atoms with E-state index in [1.165, 1.54) is 5.56 Å². The van der Waals surface area contributed by atoms with Gasteiger partial charge in [0.05, 0.1) is 0 Å². The maximum atomic E-state index is 5.61. The van der Waals surface area contributed by atoms with Crippen molar-refractivity contribution in [1.29, 1.82) is 0 Å². The van der Waals surface area contributed by atoms with Crippen LogP contribution in [0.3, 0.4) is 0 Å². The van der Waals surface area contributed by atoms with Crippen molar-refractivity contribution < 1.29 is 0 Å². The van der Waals surface area contributed by atoms with Crippen LogP contribution in [0, 0.1) is 0 Å². The lowest BCUT2D eigenvalue weighted by molar-refractivity contribution is 0.487. The molecule has 0 aliphatic rings. The highest BCUT2D eigenvalue weighted by atomic mass is 79.9. The van der Waals surface area contributed by atoms with Crippen molar-refractivity contribution in [1.82, 2.24) is 15.4 Å². The number of halogens is 1. The second kappa shape index (κ2) is 7.33. The average Bonchev–Trinajstić information content (AvgIpc) is 2.46. The summed E-state index contributed by atoms with van der Waals surface area (Å²) in [6, 6.07) is 8.26. The number of hydrazine groups is 1. The van der Waals surface area contributed by atoms with Gasteiger partial charge >= 0.3 is 0 Å². The first-order chi connectivity index (χ1) is 9.28. The maximum absolute atomic E-state index is 5.61. The summed E-state index contributed by atoms with van der Waals surface area (Å²) in [6.07, 6.45) is 8.23. The zero-order valence-corrected chi connectivity index (χ0v) is 12.2. The fourth-order valence-electron chi connectivity index (χ4n) is 1.91. The van der Waals surface area contributed by atoms with E-state index in [4.69, 9.17) is 5.84 Å². The number of nitrogens with zero attached hydrogens (tertiary/aromatic N) is 2. The molecule has 4 nitrogen and oxygen atoms in total. The van der Waals surface area contributed by atoms with E-state index in [0.29, 0.717) is 0 Å². The van der Waals surface area contributed by atoms with E-state index in [-0.39, 0.29) is 6.04 Å². The van der Waals surface area contributed by atoms with Crippen LogP contribution < -0.4 is 11.3 Å². The average molecular weight is 321 g/mol. The maximum Gasteiger partial charge on any atom is 0.0420 e. The van der Waals surface area contributed by atoms with Crippen LogP contribution in [0.5, 0.6) is 0 Å². The van der Waals surface area contributed by atoms with Crippen LogP contribution in [-0.4, -0.2) is 16.0 Å². The van der Waals surface area contributed by atoms with Gasteiger partial charge in [0.2, 0.25) is 0 Å². The Kier molecular flexibility index (Phi) is 5.44. The smallest absolute Gasteiger partial charge is 0.0420 e. The highest BCUT2D eigenvalue weighted by Gasteiger charge is 2.09. The SMILES string of the molecule is NNC(CCc1cccnc1)Cc1ccc(Br)cn1. The monoisotopic (exact) mass is 320 g/mol. The van der Waals surface area contributed by atoms with Crippen LogP contribution in [0.25, 0.3) is 0 Å². The first-order valence-corrected chi connectivity index (χ1v) is 7.02. The molecule has 1 atom stereocenters. The number of aryl methyl sites for hydroxylation is 1. The van der Waals surface area contributed by atoms with Gasteiger partial charge in [0, 0.05) is 41.2 Å². The van der Waals surface area contributed by atoms with Gasteiger partial charge < -0.3 is 0 Å². The van der Waals surface area contributed by atoms with E-state index < -0.39 is 0 Å². The first kappa shape index (κ1) is 14.1. The molecule has 0 amide bonds. The summed E-state index contributed by atoms with van der Waals surface area (Å²) >= 11 is 3.38. The number of aromatic nitrogens is 2. The summed E-state index contributed by atoms with van der Waals surface area (Å²) in [5, 5.41) is 0. The fourth-order valence-corrected chi connectivity index (χ4v) is 2.15.